The number of nitrogens with zero attached hydrogens (tertiary/aromatic N) is 3. The third kappa shape index (κ3) is 4.54. The fourth-order valence-electron chi connectivity index (χ4n) is 2.94. The van der Waals surface area contributed by atoms with Crippen molar-refractivity contribution in [2.24, 2.45) is 0 Å². The van der Waals surface area contributed by atoms with E-state index in [1.807, 2.05) is 72.8 Å². The van der Waals surface area contributed by atoms with Gasteiger partial charge in [-0.3, -0.25) is 0 Å². The van der Waals surface area contributed by atoms with Gasteiger partial charge >= 0.3 is 0 Å². The molecule has 6 nitrogen and oxygen atoms in total. The summed E-state index contributed by atoms with van der Waals surface area (Å²) in [6, 6.07) is 28.8. The van der Waals surface area contributed by atoms with Gasteiger partial charge in [0.05, 0.1) is 24.4 Å². The summed E-state index contributed by atoms with van der Waals surface area (Å²) in [5.74, 6) is 1.86. The number of anilines is 4. The van der Waals surface area contributed by atoms with Crippen LogP contribution in [0.15, 0.2) is 84.9 Å². The van der Waals surface area contributed by atoms with Gasteiger partial charge in [-0.15, -0.1) is 0 Å². The standard InChI is InChI=1S/C24H19N5O/c1-30-21-12-10-19(11-13-21)26-23-15-22(18-7-3-2-4-8-18)28-24(29-23)27-20-9-5-6-17(14-20)16-25/h2-15H,1H3,(H2,26,27,28,29). The van der Waals surface area contributed by atoms with E-state index in [2.05, 4.69) is 26.7 Å². The number of rotatable bonds is 6. The third-order valence-electron chi connectivity index (χ3n) is 4.41. The van der Waals surface area contributed by atoms with E-state index >= 15 is 0 Å². The second kappa shape index (κ2) is 8.76. The van der Waals surface area contributed by atoms with Crippen molar-refractivity contribution in [2.75, 3.05) is 17.7 Å². The molecule has 30 heavy (non-hydrogen) atoms. The first-order valence-electron chi connectivity index (χ1n) is 9.36. The molecule has 0 aliphatic heterocycles. The minimum Gasteiger partial charge on any atom is -0.497 e. The lowest BCUT2D eigenvalue weighted by Gasteiger charge is -2.12. The molecule has 0 spiro atoms. The van der Waals surface area contributed by atoms with Crippen LogP contribution in [0, 0.1) is 11.3 Å². The molecule has 1 aromatic heterocycles. The minimum absolute atomic E-state index is 0.433. The predicted octanol–water partition coefficient (Wildman–Crippen LogP) is 5.51. The lowest BCUT2D eigenvalue weighted by molar-refractivity contribution is 0.415. The van der Waals surface area contributed by atoms with Crippen LogP contribution in [0.5, 0.6) is 5.75 Å². The lowest BCUT2D eigenvalue weighted by atomic mass is 10.1. The Morgan fingerprint density at radius 3 is 2.33 bits per heavy atom. The second-order valence-electron chi connectivity index (χ2n) is 6.50. The Hall–Kier alpha value is -4.37. The maximum absolute atomic E-state index is 9.14. The molecule has 0 saturated heterocycles. The van der Waals surface area contributed by atoms with E-state index in [-0.39, 0.29) is 0 Å². The molecule has 4 rings (SSSR count). The first-order valence-corrected chi connectivity index (χ1v) is 9.36. The van der Waals surface area contributed by atoms with Gasteiger partial charge in [0.1, 0.15) is 11.6 Å². The fourth-order valence-corrected chi connectivity index (χ4v) is 2.94. The molecule has 2 N–H and O–H groups in total. The molecule has 3 aromatic carbocycles. The van der Waals surface area contributed by atoms with Crippen LogP contribution < -0.4 is 15.4 Å². The van der Waals surface area contributed by atoms with Crippen molar-refractivity contribution >= 4 is 23.1 Å². The van der Waals surface area contributed by atoms with Gasteiger partial charge in [0.15, 0.2) is 0 Å². The largest absolute Gasteiger partial charge is 0.497 e. The van der Waals surface area contributed by atoms with Crippen molar-refractivity contribution in [1.29, 1.82) is 5.26 Å². The molecule has 1 heterocycles. The van der Waals surface area contributed by atoms with E-state index < -0.39 is 0 Å². The molecule has 0 saturated carbocycles. The molecule has 6 heteroatoms. The Bertz CT molecular complexity index is 1180. The molecule has 0 unspecified atom stereocenters. The van der Waals surface area contributed by atoms with E-state index in [4.69, 9.17) is 10.00 Å². The van der Waals surface area contributed by atoms with Gasteiger partial charge in [-0.25, -0.2) is 4.98 Å². The summed E-state index contributed by atoms with van der Waals surface area (Å²) >= 11 is 0. The SMILES string of the molecule is COc1ccc(Nc2cc(-c3ccccc3)nc(Nc3cccc(C#N)c3)n2)cc1. The molecule has 0 fully saturated rings. The molecular weight excluding hydrogens is 374 g/mol. The molecule has 0 aliphatic carbocycles. The van der Waals surface area contributed by atoms with Crippen molar-refractivity contribution in [3.05, 3.63) is 90.5 Å². The van der Waals surface area contributed by atoms with Gasteiger partial charge in [0, 0.05) is 23.0 Å². The van der Waals surface area contributed by atoms with E-state index in [0.717, 1.165) is 28.4 Å². The summed E-state index contributed by atoms with van der Waals surface area (Å²) in [6.07, 6.45) is 0. The van der Waals surface area contributed by atoms with Crippen LogP contribution in [-0.2, 0) is 0 Å². The van der Waals surface area contributed by atoms with Crippen molar-refractivity contribution in [1.82, 2.24) is 9.97 Å². The van der Waals surface area contributed by atoms with E-state index in [1.165, 1.54) is 0 Å². The molecule has 4 aromatic rings. The maximum Gasteiger partial charge on any atom is 0.229 e. The van der Waals surface area contributed by atoms with E-state index in [1.54, 1.807) is 19.2 Å². The monoisotopic (exact) mass is 393 g/mol. The molecule has 0 aliphatic rings. The molecular formula is C24H19N5O. The Morgan fingerprint density at radius 2 is 1.60 bits per heavy atom. The Balaban J connectivity index is 1.69. The summed E-state index contributed by atoms with van der Waals surface area (Å²) in [5, 5.41) is 15.7. The van der Waals surface area contributed by atoms with Crippen LogP contribution in [-0.4, -0.2) is 17.1 Å². The minimum atomic E-state index is 0.433. The van der Waals surface area contributed by atoms with Crippen molar-refractivity contribution in [2.45, 2.75) is 0 Å². The average Bonchev–Trinajstić information content (AvgIpc) is 2.80. The van der Waals surface area contributed by atoms with Gasteiger partial charge < -0.3 is 15.4 Å². The van der Waals surface area contributed by atoms with Crippen LogP contribution >= 0.6 is 0 Å². The van der Waals surface area contributed by atoms with Gasteiger partial charge in [-0.1, -0.05) is 36.4 Å². The zero-order valence-electron chi connectivity index (χ0n) is 16.3. The Kier molecular flexibility index (Phi) is 5.54. The molecule has 0 atom stereocenters. The predicted molar refractivity (Wildman–Crippen MR) is 118 cm³/mol. The highest BCUT2D eigenvalue weighted by Gasteiger charge is 2.08. The topological polar surface area (TPSA) is 82.9 Å². The van der Waals surface area contributed by atoms with Crippen LogP contribution in [0.2, 0.25) is 0 Å². The van der Waals surface area contributed by atoms with Gasteiger partial charge in [-0.2, -0.15) is 10.2 Å². The average molecular weight is 393 g/mol. The van der Waals surface area contributed by atoms with Gasteiger partial charge in [-0.05, 0) is 42.5 Å². The van der Waals surface area contributed by atoms with E-state index in [9.17, 15) is 0 Å². The smallest absolute Gasteiger partial charge is 0.229 e. The maximum atomic E-state index is 9.14. The third-order valence-corrected chi connectivity index (χ3v) is 4.41. The van der Waals surface area contributed by atoms with Crippen LogP contribution in [0.25, 0.3) is 11.3 Å². The highest BCUT2D eigenvalue weighted by atomic mass is 16.5. The normalized spacial score (nSPS) is 10.1. The zero-order valence-corrected chi connectivity index (χ0v) is 16.3. The van der Waals surface area contributed by atoms with Crippen molar-refractivity contribution in [3.8, 4) is 23.1 Å². The number of nitriles is 1. The van der Waals surface area contributed by atoms with Crippen molar-refractivity contribution < 1.29 is 4.74 Å². The van der Waals surface area contributed by atoms with Gasteiger partial charge in [0.25, 0.3) is 0 Å². The zero-order chi connectivity index (χ0) is 20.8. The highest BCUT2D eigenvalue weighted by molar-refractivity contribution is 5.69. The quantitative estimate of drug-likeness (QED) is 0.449. The second-order valence-corrected chi connectivity index (χ2v) is 6.50. The summed E-state index contributed by atoms with van der Waals surface area (Å²) in [5.41, 5.74) is 3.95. The van der Waals surface area contributed by atoms with Crippen molar-refractivity contribution in [3.63, 3.8) is 0 Å². The number of benzene rings is 3. The number of aromatic nitrogens is 2. The lowest BCUT2D eigenvalue weighted by Crippen LogP contribution is -2.02. The number of methoxy groups -OCH3 is 1. The summed E-state index contributed by atoms with van der Waals surface area (Å²) in [7, 11) is 1.64. The number of hydrogen-bond donors (Lipinski definition) is 2. The Labute approximate surface area is 174 Å². The van der Waals surface area contributed by atoms with Crippen LogP contribution in [0.1, 0.15) is 5.56 Å². The summed E-state index contributed by atoms with van der Waals surface area (Å²) in [6.45, 7) is 0. The number of ether oxygens (including phenoxy) is 1. The van der Waals surface area contributed by atoms with Crippen LogP contribution in [0.3, 0.4) is 0 Å². The van der Waals surface area contributed by atoms with Crippen LogP contribution in [0.4, 0.5) is 23.1 Å². The number of hydrogen-bond acceptors (Lipinski definition) is 6. The van der Waals surface area contributed by atoms with Gasteiger partial charge in [0.2, 0.25) is 5.95 Å². The Morgan fingerprint density at radius 1 is 0.800 bits per heavy atom. The molecule has 0 bridgehead atoms. The molecule has 146 valence electrons. The molecule has 0 amide bonds. The highest BCUT2D eigenvalue weighted by Crippen LogP contribution is 2.26. The molecule has 0 radical (unpaired) electrons. The fraction of sp³-hybridized carbons (Fsp3) is 0.0417. The number of nitrogens with one attached hydrogen (secondary N) is 2. The summed E-state index contributed by atoms with van der Waals surface area (Å²) < 4.78 is 5.21. The first-order chi connectivity index (χ1) is 14.7. The van der Waals surface area contributed by atoms with E-state index in [0.29, 0.717) is 17.3 Å². The summed E-state index contributed by atoms with van der Waals surface area (Å²) in [4.78, 5) is 9.26. The first kappa shape index (κ1) is 19.0.